The molecule has 0 radical (unpaired) electrons. The Balaban J connectivity index is 2.30. The quantitative estimate of drug-likeness (QED) is 0.570. The molecule has 0 aliphatic rings. The summed E-state index contributed by atoms with van der Waals surface area (Å²) in [5, 5.41) is 5.75. The zero-order valence-electron chi connectivity index (χ0n) is 12.9. The molecule has 0 aromatic heterocycles. The first kappa shape index (κ1) is 17.2. The fraction of sp³-hybridized carbons (Fsp3) is 0.500. The highest BCUT2D eigenvalue weighted by molar-refractivity contribution is 5.92. The topological polar surface area (TPSA) is 67.4 Å². The molecule has 21 heavy (non-hydrogen) atoms. The molecule has 0 aliphatic heterocycles. The van der Waals surface area contributed by atoms with E-state index in [4.69, 9.17) is 4.74 Å². The minimum Gasteiger partial charge on any atom is -0.466 e. The van der Waals surface area contributed by atoms with E-state index >= 15 is 0 Å². The van der Waals surface area contributed by atoms with Crippen molar-refractivity contribution >= 4 is 17.6 Å². The van der Waals surface area contributed by atoms with Gasteiger partial charge in [-0.1, -0.05) is 26.0 Å². The Morgan fingerprint density at radius 3 is 2.71 bits per heavy atom. The smallest absolute Gasteiger partial charge is 0.307 e. The average Bonchev–Trinajstić information content (AvgIpc) is 2.44. The van der Waals surface area contributed by atoms with E-state index in [2.05, 4.69) is 24.5 Å². The van der Waals surface area contributed by atoms with Crippen molar-refractivity contribution in [3.8, 4) is 0 Å². The fourth-order valence-corrected chi connectivity index (χ4v) is 1.81. The van der Waals surface area contributed by atoms with Crippen molar-refractivity contribution in [3.63, 3.8) is 0 Å². The SMILES string of the molecule is CCOC(=O)CCNCC(=O)Nc1cccc(C(C)C)c1. The predicted octanol–water partition coefficient (Wildman–Crippen LogP) is 2.29. The third kappa shape index (κ3) is 6.90. The van der Waals surface area contributed by atoms with Gasteiger partial charge in [0, 0.05) is 12.2 Å². The molecule has 1 aromatic rings. The minimum atomic E-state index is -0.255. The average molecular weight is 292 g/mol. The maximum atomic E-state index is 11.8. The van der Waals surface area contributed by atoms with Gasteiger partial charge in [-0.05, 0) is 30.5 Å². The second-order valence-corrected chi connectivity index (χ2v) is 5.06. The Kier molecular flexibility index (Phi) is 7.46. The summed E-state index contributed by atoms with van der Waals surface area (Å²) in [6.45, 7) is 6.97. The van der Waals surface area contributed by atoms with E-state index in [0.29, 0.717) is 19.1 Å². The Morgan fingerprint density at radius 1 is 1.29 bits per heavy atom. The third-order valence-corrected chi connectivity index (χ3v) is 2.93. The summed E-state index contributed by atoms with van der Waals surface area (Å²) in [6, 6.07) is 7.81. The van der Waals surface area contributed by atoms with Crippen LogP contribution in [0.3, 0.4) is 0 Å². The largest absolute Gasteiger partial charge is 0.466 e. The number of hydrogen-bond acceptors (Lipinski definition) is 4. The van der Waals surface area contributed by atoms with Gasteiger partial charge >= 0.3 is 5.97 Å². The highest BCUT2D eigenvalue weighted by Gasteiger charge is 2.05. The van der Waals surface area contributed by atoms with Crippen LogP contribution in [0.25, 0.3) is 0 Å². The van der Waals surface area contributed by atoms with Crippen molar-refractivity contribution in [2.24, 2.45) is 0 Å². The first-order valence-electron chi connectivity index (χ1n) is 7.29. The van der Waals surface area contributed by atoms with Crippen LogP contribution in [0.1, 0.15) is 38.7 Å². The molecule has 0 saturated carbocycles. The molecule has 1 rings (SSSR count). The number of esters is 1. The summed E-state index contributed by atoms with van der Waals surface area (Å²) in [6.07, 6.45) is 0.268. The van der Waals surface area contributed by atoms with E-state index in [1.165, 1.54) is 5.56 Å². The Hall–Kier alpha value is -1.88. The van der Waals surface area contributed by atoms with Gasteiger partial charge in [-0.15, -0.1) is 0 Å². The van der Waals surface area contributed by atoms with Gasteiger partial charge in [0.2, 0.25) is 5.91 Å². The van der Waals surface area contributed by atoms with Crippen LogP contribution in [0.15, 0.2) is 24.3 Å². The van der Waals surface area contributed by atoms with E-state index in [1.807, 2.05) is 24.3 Å². The van der Waals surface area contributed by atoms with E-state index in [-0.39, 0.29) is 24.8 Å². The number of carbonyl (C=O) groups excluding carboxylic acids is 2. The molecule has 0 atom stereocenters. The molecule has 0 heterocycles. The predicted molar refractivity (Wildman–Crippen MR) is 83.3 cm³/mol. The van der Waals surface area contributed by atoms with E-state index < -0.39 is 0 Å². The first-order valence-corrected chi connectivity index (χ1v) is 7.29. The highest BCUT2D eigenvalue weighted by Crippen LogP contribution is 2.18. The first-order chi connectivity index (χ1) is 10.0. The van der Waals surface area contributed by atoms with Crippen molar-refractivity contribution in [3.05, 3.63) is 29.8 Å². The van der Waals surface area contributed by atoms with E-state index in [1.54, 1.807) is 6.92 Å². The lowest BCUT2D eigenvalue weighted by Gasteiger charge is -2.10. The number of anilines is 1. The molecule has 1 aromatic carbocycles. The molecule has 116 valence electrons. The Labute approximate surface area is 126 Å². The fourth-order valence-electron chi connectivity index (χ4n) is 1.81. The van der Waals surface area contributed by atoms with Crippen LogP contribution in [-0.2, 0) is 14.3 Å². The van der Waals surface area contributed by atoms with Crippen LogP contribution in [0.2, 0.25) is 0 Å². The molecule has 2 N–H and O–H groups in total. The molecule has 0 fully saturated rings. The number of carbonyl (C=O) groups is 2. The van der Waals surface area contributed by atoms with Crippen LogP contribution < -0.4 is 10.6 Å². The summed E-state index contributed by atoms with van der Waals surface area (Å²) in [5.74, 6) is 0.0411. The molecule has 0 saturated heterocycles. The minimum absolute atomic E-state index is 0.125. The summed E-state index contributed by atoms with van der Waals surface area (Å²) in [7, 11) is 0. The molecular weight excluding hydrogens is 268 g/mol. The molecule has 0 bridgehead atoms. The second-order valence-electron chi connectivity index (χ2n) is 5.06. The maximum Gasteiger partial charge on any atom is 0.307 e. The molecule has 0 aliphatic carbocycles. The van der Waals surface area contributed by atoms with Crippen LogP contribution in [0, 0.1) is 0 Å². The normalized spacial score (nSPS) is 10.5. The molecule has 5 nitrogen and oxygen atoms in total. The van der Waals surface area contributed by atoms with Crippen LogP contribution in [0.4, 0.5) is 5.69 Å². The molecule has 5 heteroatoms. The third-order valence-electron chi connectivity index (χ3n) is 2.93. The molecule has 0 spiro atoms. The van der Waals surface area contributed by atoms with Gasteiger partial charge < -0.3 is 15.4 Å². The van der Waals surface area contributed by atoms with Crippen LogP contribution in [0.5, 0.6) is 0 Å². The summed E-state index contributed by atoms with van der Waals surface area (Å²) >= 11 is 0. The summed E-state index contributed by atoms with van der Waals surface area (Å²) in [5.41, 5.74) is 1.97. The molecule has 0 unspecified atom stereocenters. The maximum absolute atomic E-state index is 11.8. The van der Waals surface area contributed by atoms with Gasteiger partial charge in [-0.3, -0.25) is 9.59 Å². The molecule has 1 amide bonds. The number of benzene rings is 1. The monoisotopic (exact) mass is 292 g/mol. The van der Waals surface area contributed by atoms with E-state index in [0.717, 1.165) is 5.69 Å². The van der Waals surface area contributed by atoms with Crippen LogP contribution in [-0.4, -0.2) is 31.6 Å². The molecular formula is C16H24N2O3. The number of rotatable bonds is 8. The van der Waals surface area contributed by atoms with Crippen molar-refractivity contribution < 1.29 is 14.3 Å². The number of hydrogen-bond donors (Lipinski definition) is 2. The van der Waals surface area contributed by atoms with Gasteiger partial charge in [0.15, 0.2) is 0 Å². The zero-order chi connectivity index (χ0) is 15.7. The van der Waals surface area contributed by atoms with Gasteiger partial charge in [-0.25, -0.2) is 0 Å². The van der Waals surface area contributed by atoms with Gasteiger partial charge in [0.25, 0.3) is 0 Å². The zero-order valence-corrected chi connectivity index (χ0v) is 12.9. The number of ether oxygens (including phenoxy) is 1. The van der Waals surface area contributed by atoms with Crippen LogP contribution >= 0.6 is 0 Å². The standard InChI is InChI=1S/C16H24N2O3/c1-4-21-16(20)8-9-17-11-15(19)18-14-7-5-6-13(10-14)12(2)3/h5-7,10,12,17H,4,8-9,11H2,1-3H3,(H,18,19). The lowest BCUT2D eigenvalue weighted by molar-refractivity contribution is -0.143. The second kappa shape index (κ2) is 9.13. The lowest BCUT2D eigenvalue weighted by atomic mass is 10.0. The summed E-state index contributed by atoms with van der Waals surface area (Å²) in [4.78, 5) is 22.9. The van der Waals surface area contributed by atoms with Crippen molar-refractivity contribution in [2.45, 2.75) is 33.1 Å². The number of amides is 1. The van der Waals surface area contributed by atoms with Gasteiger partial charge in [0.1, 0.15) is 0 Å². The van der Waals surface area contributed by atoms with Gasteiger partial charge in [-0.2, -0.15) is 0 Å². The van der Waals surface area contributed by atoms with Crippen molar-refractivity contribution in [1.82, 2.24) is 5.32 Å². The Morgan fingerprint density at radius 2 is 2.05 bits per heavy atom. The Bertz CT molecular complexity index is 472. The lowest BCUT2D eigenvalue weighted by Crippen LogP contribution is -2.30. The highest BCUT2D eigenvalue weighted by atomic mass is 16.5. The van der Waals surface area contributed by atoms with Crippen molar-refractivity contribution in [2.75, 3.05) is 25.0 Å². The summed E-state index contributed by atoms with van der Waals surface area (Å²) < 4.78 is 4.80. The van der Waals surface area contributed by atoms with Crippen molar-refractivity contribution in [1.29, 1.82) is 0 Å². The number of nitrogens with one attached hydrogen (secondary N) is 2. The van der Waals surface area contributed by atoms with Gasteiger partial charge in [0.05, 0.1) is 19.6 Å². The van der Waals surface area contributed by atoms with E-state index in [9.17, 15) is 9.59 Å².